The molecule has 0 aliphatic carbocycles. The maximum atomic E-state index is 14.3. The number of hydrogen-bond acceptors (Lipinski definition) is 10. The summed E-state index contributed by atoms with van der Waals surface area (Å²) < 4.78 is 10.6. The van der Waals surface area contributed by atoms with Gasteiger partial charge in [0.1, 0.15) is 36.8 Å². The lowest BCUT2D eigenvalue weighted by Gasteiger charge is -2.29. The van der Waals surface area contributed by atoms with Crippen molar-refractivity contribution in [3.63, 3.8) is 0 Å². The zero-order valence-electron chi connectivity index (χ0n) is 31.3. The van der Waals surface area contributed by atoms with Crippen molar-refractivity contribution in [1.29, 1.82) is 0 Å². The third kappa shape index (κ3) is 12.9. The van der Waals surface area contributed by atoms with Crippen molar-refractivity contribution in [3.8, 4) is 5.75 Å². The number of benzene rings is 2. The number of likely N-dealkylation sites (tertiary alicyclic amines) is 1. The summed E-state index contributed by atoms with van der Waals surface area (Å²) in [4.78, 5) is 104. The lowest BCUT2D eigenvalue weighted by Crippen LogP contribution is -2.53. The van der Waals surface area contributed by atoms with E-state index in [1.165, 1.54) is 11.8 Å². The Morgan fingerprint density at radius 2 is 1.66 bits per heavy atom. The average Bonchev–Trinajstić information content (AvgIpc) is 3.79. The molecule has 0 bridgehead atoms. The standard InChI is InChI=1S/C40H48N6O10/c1-3-22-55-32-14-10-27(11-15-32)23-29(24-31(48)18-21-46-35(49)16-17-36(46)50)39(53)45-20-5-7-34(45)38(52)44-33(6-4-19-42-40(41)54)37(51)43-30-12-8-28(9-13-30)25-56-26(2)47/h3,8-17,29,33-34H,1,4-7,18-25H2,2H3,(H,43,51)(H,44,52)(H3,41,42,54)/t29-,33+,34+/m1/s1. The number of ketones is 1. The van der Waals surface area contributed by atoms with Crippen LogP contribution < -0.4 is 26.4 Å². The van der Waals surface area contributed by atoms with Crippen LogP contribution >= 0.6 is 0 Å². The Hall–Kier alpha value is -6.32. The minimum atomic E-state index is -1.06. The van der Waals surface area contributed by atoms with Gasteiger partial charge in [0.25, 0.3) is 11.8 Å². The average molecular weight is 773 g/mol. The van der Waals surface area contributed by atoms with Gasteiger partial charge >= 0.3 is 12.0 Å². The lowest BCUT2D eigenvalue weighted by atomic mass is 9.91. The third-order valence-electron chi connectivity index (χ3n) is 9.22. The van der Waals surface area contributed by atoms with E-state index in [9.17, 15) is 38.4 Å². The molecule has 16 nitrogen and oxygen atoms in total. The predicted molar refractivity (Wildman–Crippen MR) is 203 cm³/mol. The summed E-state index contributed by atoms with van der Waals surface area (Å²) in [5.41, 5.74) is 7.06. The van der Waals surface area contributed by atoms with E-state index in [1.54, 1.807) is 54.6 Å². The molecule has 0 aromatic heterocycles. The van der Waals surface area contributed by atoms with Crippen LogP contribution in [-0.2, 0) is 51.3 Å². The Kier molecular flexibility index (Phi) is 15.9. The fourth-order valence-corrected chi connectivity index (χ4v) is 6.36. The highest BCUT2D eigenvalue weighted by Gasteiger charge is 2.39. The summed E-state index contributed by atoms with van der Waals surface area (Å²) in [6.45, 7) is 5.60. The molecule has 1 saturated heterocycles. The molecular weight excluding hydrogens is 724 g/mol. The second-order valence-electron chi connectivity index (χ2n) is 13.4. The van der Waals surface area contributed by atoms with Crippen LogP contribution in [0.3, 0.4) is 0 Å². The molecule has 16 heteroatoms. The van der Waals surface area contributed by atoms with Gasteiger partial charge in [-0.05, 0) is 67.5 Å². The zero-order valence-corrected chi connectivity index (χ0v) is 31.3. The Morgan fingerprint density at radius 1 is 0.982 bits per heavy atom. The summed E-state index contributed by atoms with van der Waals surface area (Å²) in [5, 5.41) is 8.04. The van der Waals surface area contributed by atoms with E-state index in [2.05, 4.69) is 22.5 Å². The minimum absolute atomic E-state index is 0.0659. The molecule has 298 valence electrons. The van der Waals surface area contributed by atoms with Crippen molar-refractivity contribution in [3.05, 3.63) is 84.5 Å². The van der Waals surface area contributed by atoms with Crippen LogP contribution in [0, 0.1) is 5.92 Å². The van der Waals surface area contributed by atoms with E-state index < -0.39 is 59.5 Å². The van der Waals surface area contributed by atoms with Crippen LogP contribution in [-0.4, -0.2) is 95.4 Å². The number of hydrogen-bond donors (Lipinski definition) is 4. The monoisotopic (exact) mass is 772 g/mol. The molecule has 2 aliphatic heterocycles. The number of carbonyl (C=O) groups is 8. The summed E-state index contributed by atoms with van der Waals surface area (Å²) in [6, 6.07) is 11.0. The lowest BCUT2D eigenvalue weighted by molar-refractivity contribution is -0.143. The number of ether oxygens (including phenoxy) is 2. The van der Waals surface area contributed by atoms with Gasteiger partial charge in [0.2, 0.25) is 17.7 Å². The first-order valence-corrected chi connectivity index (χ1v) is 18.4. The molecular formula is C40H48N6O10. The molecule has 4 rings (SSSR count). The number of nitrogens with one attached hydrogen (secondary N) is 3. The van der Waals surface area contributed by atoms with E-state index in [0.29, 0.717) is 42.9 Å². The molecule has 0 saturated carbocycles. The number of amides is 7. The number of primary amides is 1. The van der Waals surface area contributed by atoms with Gasteiger partial charge in [0.15, 0.2) is 0 Å². The number of nitrogens with zero attached hydrogens (tertiary/aromatic N) is 2. The fraction of sp³-hybridized carbons (Fsp3) is 0.400. The fourth-order valence-electron chi connectivity index (χ4n) is 6.36. The second kappa shape index (κ2) is 21.0. The molecule has 0 radical (unpaired) electrons. The largest absolute Gasteiger partial charge is 0.490 e. The SMILES string of the molecule is C=CCOc1ccc(C[C@H](CC(=O)CCN2C(=O)C=CC2=O)C(=O)N2CCC[C@H]2C(=O)N[C@@H](CCCNC(N)=O)C(=O)Nc2ccc(COC(C)=O)cc2)cc1. The van der Waals surface area contributed by atoms with Gasteiger partial charge in [-0.15, -0.1) is 0 Å². The maximum absolute atomic E-state index is 14.3. The molecule has 0 spiro atoms. The molecule has 2 aromatic rings. The quantitative estimate of drug-likeness (QED) is 0.0627. The summed E-state index contributed by atoms with van der Waals surface area (Å²) in [5.74, 6) is -3.56. The van der Waals surface area contributed by atoms with Gasteiger partial charge in [0, 0.05) is 63.2 Å². The first kappa shape index (κ1) is 42.4. The van der Waals surface area contributed by atoms with E-state index in [-0.39, 0.29) is 57.7 Å². The summed E-state index contributed by atoms with van der Waals surface area (Å²) in [6.07, 6.45) is 4.96. The van der Waals surface area contributed by atoms with Crippen molar-refractivity contribution < 1.29 is 47.8 Å². The first-order valence-electron chi connectivity index (χ1n) is 18.4. The van der Waals surface area contributed by atoms with Gasteiger partial charge in [0.05, 0.1) is 0 Å². The highest BCUT2D eigenvalue weighted by atomic mass is 16.5. The molecule has 7 amide bonds. The number of carbonyl (C=O) groups excluding carboxylic acids is 8. The maximum Gasteiger partial charge on any atom is 0.312 e. The van der Waals surface area contributed by atoms with Gasteiger partial charge in [-0.25, -0.2) is 4.79 Å². The number of esters is 1. The van der Waals surface area contributed by atoms with E-state index in [0.717, 1.165) is 22.6 Å². The number of anilines is 1. The molecule has 5 N–H and O–H groups in total. The topological polar surface area (TPSA) is 224 Å². The Balaban J connectivity index is 1.48. The van der Waals surface area contributed by atoms with E-state index >= 15 is 0 Å². The predicted octanol–water partition coefficient (Wildman–Crippen LogP) is 2.31. The third-order valence-corrected chi connectivity index (χ3v) is 9.22. The van der Waals surface area contributed by atoms with E-state index in [1.807, 2.05) is 0 Å². The molecule has 2 heterocycles. The van der Waals surface area contributed by atoms with Crippen molar-refractivity contribution in [2.24, 2.45) is 11.7 Å². The van der Waals surface area contributed by atoms with Crippen LogP contribution in [0.25, 0.3) is 0 Å². The Labute approximate surface area is 324 Å². The molecule has 0 unspecified atom stereocenters. The van der Waals surface area contributed by atoms with E-state index in [4.69, 9.17) is 15.2 Å². The van der Waals surface area contributed by atoms with Gasteiger partial charge in [-0.1, -0.05) is 36.9 Å². The first-order chi connectivity index (χ1) is 26.8. The van der Waals surface area contributed by atoms with Gasteiger partial charge in [-0.3, -0.25) is 38.5 Å². The molecule has 1 fully saturated rings. The van der Waals surface area contributed by atoms with Crippen LogP contribution in [0.2, 0.25) is 0 Å². The van der Waals surface area contributed by atoms with Crippen molar-refractivity contribution >= 4 is 53.0 Å². The van der Waals surface area contributed by atoms with Crippen LogP contribution in [0.1, 0.15) is 56.6 Å². The summed E-state index contributed by atoms with van der Waals surface area (Å²) in [7, 11) is 0. The van der Waals surface area contributed by atoms with Gasteiger partial charge < -0.3 is 36.1 Å². The molecule has 2 aromatic carbocycles. The molecule has 56 heavy (non-hydrogen) atoms. The van der Waals surface area contributed by atoms with Crippen molar-refractivity contribution in [1.82, 2.24) is 20.4 Å². The highest BCUT2D eigenvalue weighted by molar-refractivity contribution is 6.13. The number of Topliss-reactive ketones (excluding diaryl/α,β-unsaturated/α-hetero) is 1. The second-order valence-corrected chi connectivity index (χ2v) is 13.4. The zero-order chi connectivity index (χ0) is 40.6. The van der Waals surface area contributed by atoms with Crippen molar-refractivity contribution in [2.45, 2.75) is 70.6 Å². The number of imide groups is 1. The summed E-state index contributed by atoms with van der Waals surface area (Å²) >= 11 is 0. The number of nitrogens with two attached hydrogens (primary N) is 1. The normalized spacial score (nSPS) is 15.8. The number of urea groups is 1. The number of rotatable bonds is 21. The highest BCUT2D eigenvalue weighted by Crippen LogP contribution is 2.26. The smallest absolute Gasteiger partial charge is 0.312 e. The Morgan fingerprint density at radius 3 is 2.30 bits per heavy atom. The minimum Gasteiger partial charge on any atom is -0.490 e. The Bertz CT molecular complexity index is 1790. The van der Waals surface area contributed by atoms with Crippen LogP contribution in [0.4, 0.5) is 10.5 Å². The van der Waals surface area contributed by atoms with Crippen LogP contribution in [0.5, 0.6) is 5.75 Å². The van der Waals surface area contributed by atoms with Crippen molar-refractivity contribution in [2.75, 3.05) is 31.6 Å². The molecule has 2 aliphatic rings. The van der Waals surface area contributed by atoms with Gasteiger partial charge in [-0.2, -0.15) is 0 Å². The van der Waals surface area contributed by atoms with Crippen LogP contribution in [0.15, 0.2) is 73.3 Å². The molecule has 3 atom stereocenters.